The summed E-state index contributed by atoms with van der Waals surface area (Å²) in [7, 11) is 0. The second kappa shape index (κ2) is 7.28. The number of amides is 1. The molecule has 4 rings (SSSR count). The van der Waals surface area contributed by atoms with Crippen molar-refractivity contribution in [3.8, 4) is 6.07 Å². The molecule has 0 bridgehead atoms. The second-order valence-corrected chi connectivity index (χ2v) is 7.36. The van der Waals surface area contributed by atoms with Crippen molar-refractivity contribution in [3.05, 3.63) is 71.9 Å². The molecule has 0 aliphatic heterocycles. The number of fused-ring (bicyclic) bond motifs is 1. The molecule has 1 fully saturated rings. The van der Waals surface area contributed by atoms with E-state index in [-0.39, 0.29) is 11.8 Å². The lowest BCUT2D eigenvalue weighted by atomic mass is 9.86. The minimum absolute atomic E-state index is 0.0310. The molecule has 1 aliphatic rings. The first-order valence-electron chi connectivity index (χ1n) is 9.54. The first-order valence-corrected chi connectivity index (χ1v) is 9.54. The molecular formula is C23H23N3O. The van der Waals surface area contributed by atoms with Gasteiger partial charge in [-0.3, -0.25) is 4.79 Å². The number of benzene rings is 2. The third kappa shape index (κ3) is 3.21. The van der Waals surface area contributed by atoms with E-state index >= 15 is 0 Å². The maximum absolute atomic E-state index is 12.8. The molecule has 1 unspecified atom stereocenters. The summed E-state index contributed by atoms with van der Waals surface area (Å²) in [5.74, 6) is -0.0910. The predicted molar refractivity (Wildman–Crippen MR) is 106 cm³/mol. The van der Waals surface area contributed by atoms with Gasteiger partial charge in [-0.05, 0) is 30.0 Å². The van der Waals surface area contributed by atoms with Gasteiger partial charge in [0.1, 0.15) is 5.41 Å². The van der Waals surface area contributed by atoms with E-state index in [1.807, 2.05) is 36.5 Å². The van der Waals surface area contributed by atoms with Gasteiger partial charge in [0.05, 0.1) is 6.07 Å². The summed E-state index contributed by atoms with van der Waals surface area (Å²) in [5.41, 5.74) is 2.56. The van der Waals surface area contributed by atoms with Gasteiger partial charge in [0.2, 0.25) is 5.91 Å². The normalized spacial score (nSPS) is 16.7. The zero-order valence-electron chi connectivity index (χ0n) is 15.2. The van der Waals surface area contributed by atoms with Crippen LogP contribution in [0.2, 0.25) is 0 Å². The van der Waals surface area contributed by atoms with Gasteiger partial charge >= 0.3 is 0 Å². The lowest BCUT2D eigenvalue weighted by Gasteiger charge is -2.23. The fourth-order valence-electron chi connectivity index (χ4n) is 4.21. The van der Waals surface area contributed by atoms with Crippen LogP contribution in [0, 0.1) is 16.7 Å². The van der Waals surface area contributed by atoms with Crippen molar-refractivity contribution in [2.24, 2.45) is 5.41 Å². The maximum atomic E-state index is 12.8. The molecule has 4 heteroatoms. The Morgan fingerprint density at radius 3 is 2.56 bits per heavy atom. The van der Waals surface area contributed by atoms with Crippen LogP contribution in [-0.2, 0) is 4.79 Å². The van der Waals surface area contributed by atoms with E-state index in [9.17, 15) is 10.1 Å². The molecule has 2 aromatic carbocycles. The molecule has 2 N–H and O–H groups in total. The number of para-hydroxylation sites is 1. The van der Waals surface area contributed by atoms with Gasteiger partial charge in [-0.15, -0.1) is 0 Å². The molecule has 1 atom stereocenters. The summed E-state index contributed by atoms with van der Waals surface area (Å²) in [4.78, 5) is 16.2. The van der Waals surface area contributed by atoms with Crippen molar-refractivity contribution < 1.29 is 4.79 Å². The van der Waals surface area contributed by atoms with E-state index in [0.29, 0.717) is 19.4 Å². The Kier molecular flexibility index (Phi) is 4.68. The fourth-order valence-corrected chi connectivity index (χ4v) is 4.21. The summed E-state index contributed by atoms with van der Waals surface area (Å²) in [6.07, 6.45) is 5.26. The molecule has 0 radical (unpaired) electrons. The zero-order chi connectivity index (χ0) is 18.7. The lowest BCUT2D eigenvalue weighted by molar-refractivity contribution is -0.127. The first-order chi connectivity index (χ1) is 13.2. The van der Waals surface area contributed by atoms with E-state index in [1.54, 1.807) is 0 Å². The molecule has 3 aromatic rings. The summed E-state index contributed by atoms with van der Waals surface area (Å²) in [5, 5.41) is 13.8. The fraction of sp³-hybridized carbons (Fsp3) is 0.304. The minimum atomic E-state index is -0.846. The second-order valence-electron chi connectivity index (χ2n) is 7.36. The number of nitrogens with one attached hydrogen (secondary N) is 2. The van der Waals surface area contributed by atoms with Crippen molar-refractivity contribution in [1.82, 2.24) is 10.3 Å². The summed E-state index contributed by atoms with van der Waals surface area (Å²) >= 11 is 0. The van der Waals surface area contributed by atoms with Gasteiger partial charge in [0.25, 0.3) is 0 Å². The Hall–Kier alpha value is -3.06. The highest BCUT2D eigenvalue weighted by molar-refractivity contribution is 5.86. The number of rotatable bonds is 5. The van der Waals surface area contributed by atoms with Crippen LogP contribution >= 0.6 is 0 Å². The first kappa shape index (κ1) is 17.4. The Balaban J connectivity index is 1.64. The van der Waals surface area contributed by atoms with Crippen molar-refractivity contribution >= 4 is 16.8 Å². The highest BCUT2D eigenvalue weighted by atomic mass is 16.2. The van der Waals surface area contributed by atoms with Crippen LogP contribution in [0.1, 0.15) is 42.7 Å². The minimum Gasteiger partial charge on any atom is -0.361 e. The van der Waals surface area contributed by atoms with Crippen LogP contribution in [0.5, 0.6) is 0 Å². The molecular weight excluding hydrogens is 334 g/mol. The Labute approximate surface area is 159 Å². The monoisotopic (exact) mass is 357 g/mol. The van der Waals surface area contributed by atoms with Crippen LogP contribution in [0.4, 0.5) is 0 Å². The number of carbonyl (C=O) groups excluding carboxylic acids is 1. The summed E-state index contributed by atoms with van der Waals surface area (Å²) < 4.78 is 0. The zero-order valence-corrected chi connectivity index (χ0v) is 15.2. The number of aromatic nitrogens is 1. The molecule has 1 heterocycles. The molecule has 1 amide bonds. The smallest absolute Gasteiger partial charge is 0.240 e. The van der Waals surface area contributed by atoms with Gasteiger partial charge in [0, 0.05) is 29.6 Å². The van der Waals surface area contributed by atoms with Crippen molar-refractivity contribution in [2.75, 3.05) is 6.54 Å². The third-order valence-electron chi connectivity index (χ3n) is 5.77. The van der Waals surface area contributed by atoms with Gasteiger partial charge < -0.3 is 10.3 Å². The highest BCUT2D eigenvalue weighted by Crippen LogP contribution is 2.38. The number of hydrogen-bond acceptors (Lipinski definition) is 2. The number of nitriles is 1. The highest BCUT2D eigenvalue weighted by Gasteiger charge is 2.41. The molecule has 1 aliphatic carbocycles. The molecule has 1 saturated carbocycles. The van der Waals surface area contributed by atoms with E-state index in [2.05, 4.69) is 40.6 Å². The van der Waals surface area contributed by atoms with Gasteiger partial charge in [-0.2, -0.15) is 5.26 Å². The van der Waals surface area contributed by atoms with Crippen LogP contribution in [0.3, 0.4) is 0 Å². The maximum Gasteiger partial charge on any atom is 0.240 e. The van der Waals surface area contributed by atoms with E-state index in [4.69, 9.17) is 0 Å². The molecule has 0 saturated heterocycles. The van der Waals surface area contributed by atoms with E-state index in [0.717, 1.165) is 34.9 Å². The molecule has 0 spiro atoms. The number of nitrogens with zero attached hydrogens (tertiary/aromatic N) is 1. The SMILES string of the molecule is N#CC1(C(=O)NCC(c2ccccc2)c2c[nH]c3ccccc23)CCCC1. The van der Waals surface area contributed by atoms with Crippen LogP contribution < -0.4 is 5.32 Å². The van der Waals surface area contributed by atoms with Crippen molar-refractivity contribution in [3.63, 3.8) is 0 Å². The predicted octanol–water partition coefficient (Wildman–Crippen LogP) is 4.50. The number of aromatic amines is 1. The largest absolute Gasteiger partial charge is 0.361 e. The van der Waals surface area contributed by atoms with Crippen molar-refractivity contribution in [1.29, 1.82) is 5.26 Å². The molecule has 4 nitrogen and oxygen atoms in total. The van der Waals surface area contributed by atoms with Gasteiger partial charge in [-0.25, -0.2) is 0 Å². The topological polar surface area (TPSA) is 68.7 Å². The standard InChI is InChI=1S/C23H23N3O/c24-16-23(12-6-7-13-23)22(27)26-14-19(17-8-2-1-3-9-17)20-15-25-21-11-5-4-10-18(20)21/h1-5,8-11,15,19,25H,6-7,12-14H2,(H,26,27). The average molecular weight is 357 g/mol. The van der Waals surface area contributed by atoms with Crippen LogP contribution in [0.25, 0.3) is 10.9 Å². The van der Waals surface area contributed by atoms with Crippen molar-refractivity contribution in [2.45, 2.75) is 31.6 Å². The number of H-pyrrole nitrogens is 1. The van der Waals surface area contributed by atoms with Crippen LogP contribution in [-0.4, -0.2) is 17.4 Å². The molecule has 1 aromatic heterocycles. The lowest BCUT2D eigenvalue weighted by Crippen LogP contribution is -2.40. The van der Waals surface area contributed by atoms with Gasteiger partial charge in [-0.1, -0.05) is 61.4 Å². The third-order valence-corrected chi connectivity index (χ3v) is 5.77. The molecule has 136 valence electrons. The average Bonchev–Trinajstić information content (AvgIpc) is 3.37. The molecule has 27 heavy (non-hydrogen) atoms. The Bertz CT molecular complexity index is 978. The van der Waals surface area contributed by atoms with Crippen LogP contribution in [0.15, 0.2) is 60.8 Å². The number of hydrogen-bond donors (Lipinski definition) is 2. The van der Waals surface area contributed by atoms with E-state index in [1.165, 1.54) is 0 Å². The van der Waals surface area contributed by atoms with Gasteiger partial charge in [0.15, 0.2) is 0 Å². The summed E-state index contributed by atoms with van der Waals surface area (Å²) in [6, 6.07) is 20.7. The number of carbonyl (C=O) groups is 1. The summed E-state index contributed by atoms with van der Waals surface area (Å²) in [6.45, 7) is 0.480. The quantitative estimate of drug-likeness (QED) is 0.706. The Morgan fingerprint density at radius 1 is 1.11 bits per heavy atom. The van der Waals surface area contributed by atoms with E-state index < -0.39 is 5.41 Å². The Morgan fingerprint density at radius 2 is 1.81 bits per heavy atom.